The molecule has 0 spiro atoms. The maximum atomic E-state index is 12.6. The van der Waals surface area contributed by atoms with Crippen LogP contribution in [0.2, 0.25) is 0 Å². The van der Waals surface area contributed by atoms with Gasteiger partial charge in [-0.25, -0.2) is 9.97 Å². The van der Waals surface area contributed by atoms with Gasteiger partial charge in [-0.3, -0.25) is 4.79 Å². The third kappa shape index (κ3) is 3.52. The van der Waals surface area contributed by atoms with Gasteiger partial charge in [0.25, 0.3) is 0 Å². The van der Waals surface area contributed by atoms with E-state index in [1.54, 1.807) is 6.20 Å². The van der Waals surface area contributed by atoms with E-state index in [1.807, 2.05) is 17.9 Å². The Morgan fingerprint density at radius 3 is 2.76 bits per heavy atom. The average Bonchev–Trinajstić information content (AvgIpc) is 3.43. The summed E-state index contributed by atoms with van der Waals surface area (Å²) in [5.74, 6) is 4.44. The number of likely N-dealkylation sites (tertiary alicyclic amines) is 1. The summed E-state index contributed by atoms with van der Waals surface area (Å²) in [7, 11) is 0. The quantitative estimate of drug-likeness (QED) is 0.795. The van der Waals surface area contributed by atoms with Crippen LogP contribution in [0.1, 0.15) is 55.5 Å². The summed E-state index contributed by atoms with van der Waals surface area (Å²) < 4.78 is 2.28. The number of rotatable bonds is 3. The van der Waals surface area contributed by atoms with Crippen LogP contribution in [0.15, 0.2) is 23.9 Å². The highest BCUT2D eigenvalue weighted by Crippen LogP contribution is 2.30. The van der Waals surface area contributed by atoms with Crippen LogP contribution in [-0.4, -0.2) is 55.2 Å². The normalized spacial score (nSPS) is 20.0. The van der Waals surface area contributed by atoms with Crippen molar-refractivity contribution in [1.29, 1.82) is 0 Å². The Kier molecular flexibility index (Phi) is 4.77. The summed E-state index contributed by atoms with van der Waals surface area (Å²) in [5.41, 5.74) is 1.02. The molecule has 1 aliphatic carbocycles. The number of amides is 1. The summed E-state index contributed by atoms with van der Waals surface area (Å²) >= 11 is 0. The second kappa shape index (κ2) is 7.57. The predicted molar refractivity (Wildman–Crippen MR) is 108 cm³/mol. The van der Waals surface area contributed by atoms with Gasteiger partial charge in [-0.1, -0.05) is 6.08 Å². The monoisotopic (exact) mass is 393 g/mol. The zero-order valence-corrected chi connectivity index (χ0v) is 16.9. The van der Waals surface area contributed by atoms with Crippen LogP contribution in [0.4, 0.5) is 5.82 Å². The van der Waals surface area contributed by atoms with Crippen LogP contribution in [0.5, 0.6) is 0 Å². The Bertz CT molecular complexity index is 942. The van der Waals surface area contributed by atoms with E-state index >= 15 is 0 Å². The molecule has 0 atom stereocenters. The largest absolute Gasteiger partial charge is 0.347 e. The first-order valence-electron chi connectivity index (χ1n) is 10.6. The zero-order valence-electron chi connectivity index (χ0n) is 16.9. The van der Waals surface area contributed by atoms with Crippen molar-refractivity contribution in [2.75, 3.05) is 24.5 Å². The Labute approximate surface area is 170 Å². The van der Waals surface area contributed by atoms with Crippen molar-refractivity contribution in [1.82, 2.24) is 29.6 Å². The van der Waals surface area contributed by atoms with Crippen molar-refractivity contribution in [2.24, 2.45) is 0 Å². The molecule has 1 fully saturated rings. The molecule has 0 radical (unpaired) electrons. The molecule has 8 heteroatoms. The van der Waals surface area contributed by atoms with Crippen molar-refractivity contribution in [2.45, 2.75) is 58.0 Å². The first-order chi connectivity index (χ1) is 14.2. The van der Waals surface area contributed by atoms with E-state index in [9.17, 15) is 4.79 Å². The van der Waals surface area contributed by atoms with Gasteiger partial charge in [0.1, 0.15) is 17.5 Å². The van der Waals surface area contributed by atoms with Crippen LogP contribution in [0.25, 0.3) is 0 Å². The number of anilines is 1. The summed E-state index contributed by atoms with van der Waals surface area (Å²) in [6.45, 7) is 6.01. The van der Waals surface area contributed by atoms with Crippen molar-refractivity contribution >= 4 is 11.7 Å². The summed E-state index contributed by atoms with van der Waals surface area (Å²) in [6, 6.07) is 1.95. The third-order valence-corrected chi connectivity index (χ3v) is 6.33. The fourth-order valence-electron chi connectivity index (χ4n) is 4.71. The summed E-state index contributed by atoms with van der Waals surface area (Å²) in [6.07, 6.45) is 8.97. The fraction of sp³-hybridized carbons (Fsp3) is 0.571. The first kappa shape index (κ1) is 18.3. The number of piperidine rings is 1. The molecule has 29 heavy (non-hydrogen) atoms. The van der Waals surface area contributed by atoms with E-state index in [2.05, 4.69) is 35.7 Å². The Balaban J connectivity index is 1.25. The highest BCUT2D eigenvalue weighted by atomic mass is 16.2. The lowest BCUT2D eigenvalue weighted by Gasteiger charge is -2.33. The van der Waals surface area contributed by atoms with Gasteiger partial charge < -0.3 is 14.4 Å². The number of hydrogen-bond acceptors (Lipinski definition) is 6. The number of carbonyl (C=O) groups excluding carboxylic acids is 1. The van der Waals surface area contributed by atoms with Crippen molar-refractivity contribution in [3.05, 3.63) is 41.4 Å². The second-order valence-electron chi connectivity index (χ2n) is 8.20. The lowest BCUT2D eigenvalue weighted by atomic mass is 9.95. The van der Waals surface area contributed by atoms with E-state index in [4.69, 9.17) is 0 Å². The molecule has 0 saturated carbocycles. The van der Waals surface area contributed by atoms with Gasteiger partial charge in [0, 0.05) is 43.9 Å². The maximum absolute atomic E-state index is 12.6. The molecular weight excluding hydrogens is 366 g/mol. The molecule has 2 aromatic heterocycles. The van der Waals surface area contributed by atoms with Gasteiger partial charge in [-0.2, -0.15) is 0 Å². The van der Waals surface area contributed by atoms with Gasteiger partial charge in [0.15, 0.2) is 5.82 Å². The number of aromatic nitrogens is 5. The van der Waals surface area contributed by atoms with E-state index < -0.39 is 0 Å². The molecule has 1 amide bonds. The molecule has 0 bridgehead atoms. The lowest BCUT2D eigenvalue weighted by molar-refractivity contribution is -0.128. The molecule has 4 heterocycles. The van der Waals surface area contributed by atoms with Crippen LogP contribution in [0.3, 0.4) is 0 Å². The highest BCUT2D eigenvalue weighted by molar-refractivity contribution is 5.93. The smallest absolute Gasteiger partial charge is 0.249 e. The van der Waals surface area contributed by atoms with Gasteiger partial charge in [0.2, 0.25) is 5.91 Å². The lowest BCUT2D eigenvalue weighted by Crippen LogP contribution is -2.39. The van der Waals surface area contributed by atoms with Crippen molar-refractivity contribution in [3.8, 4) is 0 Å². The Morgan fingerprint density at radius 2 is 2.00 bits per heavy atom. The summed E-state index contributed by atoms with van der Waals surface area (Å²) in [4.78, 5) is 25.6. The second-order valence-corrected chi connectivity index (χ2v) is 8.20. The molecule has 152 valence electrons. The maximum Gasteiger partial charge on any atom is 0.249 e. The van der Waals surface area contributed by atoms with Crippen LogP contribution < -0.4 is 4.90 Å². The SMILES string of the molecule is Cc1nccc(N2CCn3c(nnc3C3CCN(C(=O)C4=CCCC4)CC3)C2)n1. The Morgan fingerprint density at radius 1 is 1.14 bits per heavy atom. The van der Waals surface area contributed by atoms with Gasteiger partial charge >= 0.3 is 0 Å². The number of carbonyl (C=O) groups is 1. The molecule has 5 rings (SSSR count). The minimum Gasteiger partial charge on any atom is -0.347 e. The number of allylic oxidation sites excluding steroid dienone is 1. The van der Waals surface area contributed by atoms with Crippen molar-refractivity contribution < 1.29 is 4.79 Å². The number of hydrogen-bond donors (Lipinski definition) is 0. The molecule has 1 saturated heterocycles. The molecule has 0 unspecified atom stereocenters. The van der Waals surface area contributed by atoms with Gasteiger partial charge in [-0.15, -0.1) is 10.2 Å². The molecule has 0 N–H and O–H groups in total. The van der Waals surface area contributed by atoms with Gasteiger partial charge in [-0.05, 0) is 45.1 Å². The minimum absolute atomic E-state index is 0.250. The molecule has 3 aliphatic rings. The number of fused-ring (bicyclic) bond motifs is 1. The standard InChI is InChI=1S/C21H27N7O/c1-15-22-9-6-18(23-15)27-12-13-28-19(14-27)24-25-20(28)16-7-10-26(11-8-16)21(29)17-4-2-3-5-17/h4,6,9,16H,2-3,5,7-8,10-14H2,1H3. The van der Waals surface area contributed by atoms with Crippen LogP contribution in [0, 0.1) is 6.92 Å². The topological polar surface area (TPSA) is 80.0 Å². The predicted octanol–water partition coefficient (Wildman–Crippen LogP) is 2.21. The summed E-state index contributed by atoms with van der Waals surface area (Å²) in [5, 5.41) is 9.04. The van der Waals surface area contributed by atoms with E-state index in [-0.39, 0.29) is 5.91 Å². The van der Waals surface area contributed by atoms with Crippen LogP contribution >= 0.6 is 0 Å². The molecule has 0 aromatic carbocycles. The number of nitrogens with zero attached hydrogens (tertiary/aromatic N) is 7. The molecule has 2 aliphatic heterocycles. The first-order valence-corrected chi connectivity index (χ1v) is 10.6. The minimum atomic E-state index is 0.250. The van der Waals surface area contributed by atoms with E-state index in [0.29, 0.717) is 5.92 Å². The Hall–Kier alpha value is -2.77. The molecule has 2 aromatic rings. The zero-order chi connectivity index (χ0) is 19.8. The van der Waals surface area contributed by atoms with Crippen LogP contribution in [-0.2, 0) is 17.9 Å². The van der Waals surface area contributed by atoms with Gasteiger partial charge in [0.05, 0.1) is 6.54 Å². The average molecular weight is 393 g/mol. The fourth-order valence-corrected chi connectivity index (χ4v) is 4.71. The van der Waals surface area contributed by atoms with E-state index in [1.165, 1.54) is 0 Å². The van der Waals surface area contributed by atoms with Crippen molar-refractivity contribution in [3.63, 3.8) is 0 Å². The molecular formula is C21H27N7O. The highest BCUT2D eigenvalue weighted by Gasteiger charge is 2.31. The number of aryl methyl sites for hydroxylation is 1. The molecule has 8 nitrogen and oxygen atoms in total. The third-order valence-electron chi connectivity index (χ3n) is 6.33. The van der Waals surface area contributed by atoms with E-state index in [0.717, 1.165) is 93.7 Å².